The van der Waals surface area contributed by atoms with Gasteiger partial charge >= 0.3 is 0 Å². The molecule has 3 rings (SSSR count). The fourth-order valence-electron chi connectivity index (χ4n) is 3.30. The Kier molecular flexibility index (Phi) is 6.01. The third-order valence-electron chi connectivity index (χ3n) is 4.86. The molecule has 0 spiro atoms. The molecule has 0 bridgehead atoms. The number of amides is 2. The molecule has 2 amide bonds. The Labute approximate surface area is 159 Å². The van der Waals surface area contributed by atoms with Crippen molar-refractivity contribution in [1.82, 2.24) is 19.8 Å². The quantitative estimate of drug-likeness (QED) is 0.876. The number of anilines is 1. The van der Waals surface area contributed by atoms with Gasteiger partial charge in [0.2, 0.25) is 11.9 Å². The predicted octanol–water partition coefficient (Wildman–Crippen LogP) is 2.17. The number of nitrogens with one attached hydrogen (secondary N) is 1. The van der Waals surface area contributed by atoms with Gasteiger partial charge in [-0.1, -0.05) is 37.3 Å². The molecule has 1 aromatic carbocycles. The van der Waals surface area contributed by atoms with Crippen molar-refractivity contribution in [3.63, 3.8) is 0 Å². The van der Waals surface area contributed by atoms with Gasteiger partial charge in [0, 0.05) is 51.5 Å². The third-order valence-corrected chi connectivity index (χ3v) is 4.86. The first-order valence-electron chi connectivity index (χ1n) is 9.24. The van der Waals surface area contributed by atoms with Crippen LogP contribution in [0, 0.1) is 0 Å². The van der Waals surface area contributed by atoms with E-state index in [1.165, 1.54) is 12.4 Å². The Bertz CT molecular complexity index is 779. The summed E-state index contributed by atoms with van der Waals surface area (Å²) < 4.78 is 0. The van der Waals surface area contributed by atoms with Crippen LogP contribution in [0.3, 0.4) is 0 Å². The average molecular weight is 367 g/mol. The van der Waals surface area contributed by atoms with Gasteiger partial charge in [-0.3, -0.25) is 9.59 Å². The first-order chi connectivity index (χ1) is 13.1. The van der Waals surface area contributed by atoms with Crippen molar-refractivity contribution in [2.45, 2.75) is 32.4 Å². The van der Waals surface area contributed by atoms with E-state index >= 15 is 0 Å². The van der Waals surface area contributed by atoms with E-state index < -0.39 is 0 Å². The van der Waals surface area contributed by atoms with Crippen LogP contribution in [0.4, 0.5) is 5.95 Å². The van der Waals surface area contributed by atoms with Gasteiger partial charge in [0.15, 0.2) is 0 Å². The van der Waals surface area contributed by atoms with Crippen LogP contribution < -0.4 is 5.32 Å². The number of carbonyl (C=O) groups is 2. The van der Waals surface area contributed by atoms with E-state index in [1.54, 1.807) is 11.9 Å². The molecule has 7 heteroatoms. The molecule has 0 radical (unpaired) electrons. The molecule has 1 aromatic heterocycles. The Morgan fingerprint density at radius 1 is 1.22 bits per heavy atom. The highest BCUT2D eigenvalue weighted by Crippen LogP contribution is 2.19. The highest BCUT2D eigenvalue weighted by atomic mass is 16.2. The fourth-order valence-corrected chi connectivity index (χ4v) is 3.30. The lowest BCUT2D eigenvalue weighted by Gasteiger charge is -2.31. The maximum atomic E-state index is 12.9. The maximum absolute atomic E-state index is 12.9. The molecule has 2 aromatic rings. The van der Waals surface area contributed by atoms with Crippen molar-refractivity contribution in [2.24, 2.45) is 0 Å². The van der Waals surface area contributed by atoms with Gasteiger partial charge in [-0.2, -0.15) is 0 Å². The smallest absolute Gasteiger partial charge is 0.257 e. The first kappa shape index (κ1) is 18.8. The largest absolute Gasteiger partial charge is 0.357 e. The number of hydrogen-bond acceptors (Lipinski definition) is 5. The van der Waals surface area contributed by atoms with Crippen molar-refractivity contribution in [2.75, 3.05) is 25.5 Å². The fraction of sp³-hybridized carbons (Fsp3) is 0.400. The zero-order valence-electron chi connectivity index (χ0n) is 15.8. The molecule has 2 heterocycles. The molecule has 1 atom stereocenters. The van der Waals surface area contributed by atoms with Gasteiger partial charge in [0.1, 0.15) is 0 Å². The molecular formula is C20H25N5O2. The summed E-state index contributed by atoms with van der Waals surface area (Å²) in [5.74, 6) is 0.423. The topological polar surface area (TPSA) is 78.4 Å². The van der Waals surface area contributed by atoms with Crippen LogP contribution in [-0.4, -0.2) is 57.8 Å². The maximum Gasteiger partial charge on any atom is 0.257 e. The van der Waals surface area contributed by atoms with E-state index in [0.29, 0.717) is 37.6 Å². The van der Waals surface area contributed by atoms with E-state index in [2.05, 4.69) is 22.2 Å². The summed E-state index contributed by atoms with van der Waals surface area (Å²) in [4.78, 5) is 37.5. The lowest BCUT2D eigenvalue weighted by atomic mass is 10.1. The van der Waals surface area contributed by atoms with Gasteiger partial charge in [0.25, 0.3) is 5.91 Å². The average Bonchev–Trinajstić information content (AvgIpc) is 2.87. The van der Waals surface area contributed by atoms with Crippen molar-refractivity contribution in [3.05, 3.63) is 53.9 Å². The highest BCUT2D eigenvalue weighted by molar-refractivity contribution is 5.94. The van der Waals surface area contributed by atoms with Crippen LogP contribution >= 0.6 is 0 Å². The zero-order valence-corrected chi connectivity index (χ0v) is 15.8. The second kappa shape index (κ2) is 8.62. The van der Waals surface area contributed by atoms with E-state index in [0.717, 1.165) is 12.0 Å². The molecule has 0 saturated carbocycles. The van der Waals surface area contributed by atoms with Crippen LogP contribution in [0.25, 0.3) is 0 Å². The van der Waals surface area contributed by atoms with Crippen molar-refractivity contribution < 1.29 is 9.59 Å². The lowest BCUT2D eigenvalue weighted by molar-refractivity contribution is -0.133. The number of rotatable bonds is 5. The molecule has 1 aliphatic heterocycles. The van der Waals surface area contributed by atoms with Crippen LogP contribution in [0.15, 0.2) is 42.7 Å². The molecule has 7 nitrogen and oxygen atoms in total. The third kappa shape index (κ3) is 4.42. The molecule has 1 aliphatic rings. The summed E-state index contributed by atoms with van der Waals surface area (Å²) in [6, 6.07) is 9.95. The van der Waals surface area contributed by atoms with Crippen LogP contribution in [0.5, 0.6) is 0 Å². The molecule has 142 valence electrons. The summed E-state index contributed by atoms with van der Waals surface area (Å²) in [5.41, 5.74) is 1.54. The molecule has 1 N–H and O–H groups in total. The highest BCUT2D eigenvalue weighted by Gasteiger charge is 2.31. The van der Waals surface area contributed by atoms with Crippen LogP contribution in [0.2, 0.25) is 0 Å². The van der Waals surface area contributed by atoms with Crippen LogP contribution in [0.1, 0.15) is 35.7 Å². The van der Waals surface area contributed by atoms with Gasteiger partial charge in [-0.25, -0.2) is 9.97 Å². The second-order valence-electron chi connectivity index (χ2n) is 6.62. The van der Waals surface area contributed by atoms with Crippen molar-refractivity contribution in [3.8, 4) is 0 Å². The SMILES string of the molecule is CCC1CN(C(=O)c2cnc(NC)nc2)CCC(=O)N1Cc1ccccc1. The summed E-state index contributed by atoms with van der Waals surface area (Å²) >= 11 is 0. The number of carbonyl (C=O) groups excluding carboxylic acids is 2. The van der Waals surface area contributed by atoms with E-state index in [4.69, 9.17) is 0 Å². The van der Waals surface area contributed by atoms with Gasteiger partial charge < -0.3 is 15.1 Å². The molecule has 27 heavy (non-hydrogen) atoms. The van der Waals surface area contributed by atoms with E-state index in [-0.39, 0.29) is 17.9 Å². The van der Waals surface area contributed by atoms with Gasteiger partial charge in [0.05, 0.1) is 5.56 Å². The monoisotopic (exact) mass is 367 g/mol. The Hall–Kier alpha value is -2.96. The van der Waals surface area contributed by atoms with E-state index in [9.17, 15) is 9.59 Å². The van der Waals surface area contributed by atoms with Crippen molar-refractivity contribution in [1.29, 1.82) is 0 Å². The summed E-state index contributed by atoms with van der Waals surface area (Å²) in [5, 5.41) is 2.84. The Morgan fingerprint density at radius 2 is 1.93 bits per heavy atom. The standard InChI is InChI=1S/C20H25N5O2/c1-3-17-14-24(19(27)16-11-22-20(21-2)23-12-16)10-9-18(26)25(17)13-15-7-5-4-6-8-15/h4-8,11-12,17H,3,9-10,13-14H2,1-2H3,(H,21,22,23). The first-order valence-corrected chi connectivity index (χ1v) is 9.24. The number of nitrogens with zero attached hydrogens (tertiary/aromatic N) is 4. The van der Waals surface area contributed by atoms with Gasteiger partial charge in [-0.15, -0.1) is 0 Å². The Morgan fingerprint density at radius 3 is 2.56 bits per heavy atom. The minimum absolute atomic E-state index is 0.0124. The summed E-state index contributed by atoms with van der Waals surface area (Å²) in [6.45, 7) is 3.55. The molecule has 1 fully saturated rings. The minimum Gasteiger partial charge on any atom is -0.357 e. The van der Waals surface area contributed by atoms with E-state index in [1.807, 2.05) is 35.2 Å². The van der Waals surface area contributed by atoms with Gasteiger partial charge in [-0.05, 0) is 12.0 Å². The molecule has 1 unspecified atom stereocenters. The second-order valence-corrected chi connectivity index (χ2v) is 6.62. The molecule has 0 aliphatic carbocycles. The molecule has 1 saturated heterocycles. The van der Waals surface area contributed by atoms with Crippen LogP contribution in [-0.2, 0) is 11.3 Å². The predicted molar refractivity (Wildman–Crippen MR) is 103 cm³/mol. The number of hydrogen-bond donors (Lipinski definition) is 1. The zero-order chi connectivity index (χ0) is 19.2. The summed E-state index contributed by atoms with van der Waals surface area (Å²) in [6.07, 6.45) is 4.16. The summed E-state index contributed by atoms with van der Waals surface area (Å²) in [7, 11) is 1.73. The van der Waals surface area contributed by atoms with Crippen molar-refractivity contribution >= 4 is 17.8 Å². The molecular weight excluding hydrogens is 342 g/mol. The number of benzene rings is 1. The normalized spacial score (nSPS) is 17.6. The number of aromatic nitrogens is 2. The Balaban J connectivity index is 1.76. The minimum atomic E-state index is -0.134. The lowest BCUT2D eigenvalue weighted by Crippen LogP contribution is -2.43.